The van der Waals surface area contributed by atoms with Gasteiger partial charge in [-0.25, -0.2) is 13.2 Å². The molecule has 0 N–H and O–H groups in total. The van der Waals surface area contributed by atoms with Crippen molar-refractivity contribution in [3.05, 3.63) is 35.9 Å². The monoisotopic (exact) mass is 515 g/mol. The second-order valence-corrected chi connectivity index (χ2v) is 9.08. The van der Waals surface area contributed by atoms with Crippen molar-refractivity contribution in [3.63, 3.8) is 0 Å². The number of hydrogen-bond acceptors (Lipinski definition) is 10. The molecule has 186 valence electrons. The first-order valence-electron chi connectivity index (χ1n) is 9.37. The lowest BCUT2D eigenvalue weighted by Crippen LogP contribution is -2.54. The SMILES string of the molecule is O=C(OC1C2OC(=O)C3C2OC1C3C(=O)OC(C(F)(F)F)C(F)(F)S(=O)(=O)[O-])c1ccccc1. The van der Waals surface area contributed by atoms with Gasteiger partial charge in [-0.2, -0.15) is 22.0 Å². The molecule has 2 bridgehead atoms. The van der Waals surface area contributed by atoms with Crippen LogP contribution in [-0.4, -0.2) is 72.8 Å². The van der Waals surface area contributed by atoms with Crippen molar-refractivity contribution in [1.82, 2.24) is 0 Å². The van der Waals surface area contributed by atoms with Gasteiger partial charge in [0, 0.05) is 0 Å². The van der Waals surface area contributed by atoms with Gasteiger partial charge in [0.2, 0.25) is 0 Å². The highest BCUT2D eigenvalue weighted by Gasteiger charge is 2.73. The van der Waals surface area contributed by atoms with Crippen molar-refractivity contribution in [2.75, 3.05) is 0 Å². The number of esters is 3. The fourth-order valence-corrected chi connectivity index (χ4v) is 4.60. The minimum absolute atomic E-state index is 0.0303. The Bertz CT molecular complexity index is 1120. The van der Waals surface area contributed by atoms with Gasteiger partial charge in [0.15, 0.2) is 22.3 Å². The number of fused-ring (bicyclic) bond motifs is 1. The third kappa shape index (κ3) is 3.78. The van der Waals surface area contributed by atoms with E-state index in [9.17, 15) is 49.3 Å². The van der Waals surface area contributed by atoms with Crippen LogP contribution >= 0.6 is 0 Å². The zero-order chi connectivity index (χ0) is 25.2. The van der Waals surface area contributed by atoms with E-state index in [1.807, 2.05) is 0 Å². The summed E-state index contributed by atoms with van der Waals surface area (Å²) in [5, 5.41) is -6.07. The minimum Gasteiger partial charge on any atom is -0.743 e. The smallest absolute Gasteiger partial charge is 0.432 e. The summed E-state index contributed by atoms with van der Waals surface area (Å²) >= 11 is 0. The molecule has 3 aliphatic heterocycles. The number of benzene rings is 1. The van der Waals surface area contributed by atoms with Gasteiger partial charge in [0.1, 0.15) is 24.0 Å². The lowest BCUT2D eigenvalue weighted by atomic mass is 9.78. The molecule has 0 aliphatic carbocycles. The zero-order valence-corrected chi connectivity index (χ0v) is 17.1. The van der Waals surface area contributed by atoms with Crippen LogP contribution in [0, 0.1) is 11.8 Å². The molecule has 7 atom stereocenters. The summed E-state index contributed by atoms with van der Waals surface area (Å²) in [6, 6.07) is 7.26. The van der Waals surface area contributed by atoms with Crippen LogP contribution in [0.4, 0.5) is 22.0 Å². The standard InChI is InChI=1S/C18H13F5O10S/c19-17(20,21)16(18(22,23)34(27,28)29)33-15(26)8-7-9-12(32-14(7)25)11(10(8)30-9)31-13(24)6-4-2-1-3-5-6/h1-5,7-12,16H,(H,27,28,29)/p-1. The Morgan fingerprint density at radius 1 is 1.03 bits per heavy atom. The van der Waals surface area contributed by atoms with Gasteiger partial charge >= 0.3 is 29.3 Å². The molecular weight excluding hydrogens is 503 g/mol. The summed E-state index contributed by atoms with van der Waals surface area (Å²) in [4.78, 5) is 37.1. The van der Waals surface area contributed by atoms with Crippen LogP contribution in [0.3, 0.4) is 0 Å². The molecular formula is C18H12F5O10S-. The Balaban J connectivity index is 1.60. The number of hydrogen-bond donors (Lipinski definition) is 0. The second kappa shape index (κ2) is 7.84. The summed E-state index contributed by atoms with van der Waals surface area (Å²) in [5.41, 5.74) is 0.0303. The average Bonchev–Trinajstić information content (AvgIpc) is 3.34. The summed E-state index contributed by atoms with van der Waals surface area (Å²) in [7, 11) is -6.92. The predicted octanol–water partition coefficient (Wildman–Crippen LogP) is 0.763. The van der Waals surface area contributed by atoms with E-state index >= 15 is 0 Å². The number of rotatable bonds is 6. The molecule has 0 amide bonds. The van der Waals surface area contributed by atoms with Crippen molar-refractivity contribution >= 4 is 28.0 Å². The molecule has 3 aliphatic rings. The Morgan fingerprint density at radius 3 is 2.21 bits per heavy atom. The normalized spacial score (nSPS) is 31.2. The third-order valence-electron chi connectivity index (χ3n) is 5.60. The van der Waals surface area contributed by atoms with Crippen molar-refractivity contribution in [3.8, 4) is 0 Å². The fourth-order valence-electron chi connectivity index (χ4n) is 4.16. The van der Waals surface area contributed by atoms with Gasteiger partial charge in [-0.05, 0) is 12.1 Å². The quantitative estimate of drug-likeness (QED) is 0.230. The average molecular weight is 515 g/mol. The molecule has 7 unspecified atom stereocenters. The lowest BCUT2D eigenvalue weighted by molar-refractivity contribution is -0.261. The predicted molar refractivity (Wildman–Crippen MR) is 91.7 cm³/mol. The van der Waals surface area contributed by atoms with Crippen LogP contribution in [-0.2, 0) is 38.7 Å². The maximum absolute atomic E-state index is 13.7. The molecule has 3 saturated heterocycles. The maximum atomic E-state index is 13.7. The number of alkyl halides is 5. The van der Waals surface area contributed by atoms with E-state index in [1.54, 1.807) is 6.07 Å². The first-order chi connectivity index (χ1) is 15.6. The van der Waals surface area contributed by atoms with Crippen molar-refractivity contribution in [2.24, 2.45) is 11.8 Å². The summed E-state index contributed by atoms with van der Waals surface area (Å²) in [5.74, 6) is -7.82. The van der Waals surface area contributed by atoms with Gasteiger partial charge in [-0.15, -0.1) is 0 Å². The van der Waals surface area contributed by atoms with E-state index in [1.165, 1.54) is 24.3 Å². The van der Waals surface area contributed by atoms with Crippen molar-refractivity contribution in [1.29, 1.82) is 0 Å². The first kappa shape index (κ1) is 24.3. The lowest BCUT2D eigenvalue weighted by Gasteiger charge is -2.32. The molecule has 10 nitrogen and oxygen atoms in total. The summed E-state index contributed by atoms with van der Waals surface area (Å²) < 4.78 is 118. The van der Waals surface area contributed by atoms with E-state index in [4.69, 9.17) is 14.2 Å². The Hall–Kier alpha value is -2.85. The van der Waals surface area contributed by atoms with Crippen LogP contribution in [0.5, 0.6) is 0 Å². The fraction of sp³-hybridized carbons (Fsp3) is 0.500. The minimum atomic E-state index is -6.92. The Morgan fingerprint density at radius 2 is 1.65 bits per heavy atom. The van der Waals surface area contributed by atoms with E-state index in [2.05, 4.69) is 4.74 Å². The van der Waals surface area contributed by atoms with Crippen LogP contribution in [0.2, 0.25) is 0 Å². The highest BCUT2D eigenvalue weighted by atomic mass is 32.2. The molecule has 16 heteroatoms. The Kier molecular flexibility index (Phi) is 5.60. The highest BCUT2D eigenvalue weighted by Crippen LogP contribution is 2.52. The molecule has 1 aromatic rings. The molecule has 0 aromatic heterocycles. The van der Waals surface area contributed by atoms with Crippen molar-refractivity contribution in [2.45, 2.75) is 42.0 Å². The number of halogens is 5. The molecule has 4 rings (SSSR count). The van der Waals surface area contributed by atoms with Gasteiger partial charge < -0.3 is 23.5 Å². The first-order valence-corrected chi connectivity index (χ1v) is 10.8. The largest absolute Gasteiger partial charge is 0.743 e. The molecule has 1 aromatic carbocycles. The molecule has 0 radical (unpaired) electrons. The molecule has 0 saturated carbocycles. The van der Waals surface area contributed by atoms with E-state index in [-0.39, 0.29) is 5.56 Å². The van der Waals surface area contributed by atoms with Gasteiger partial charge in [-0.3, -0.25) is 9.59 Å². The molecule has 3 heterocycles. The number of carbonyl (C=O) groups is 3. The Labute approximate surface area is 186 Å². The van der Waals surface area contributed by atoms with Crippen LogP contribution in [0.15, 0.2) is 30.3 Å². The van der Waals surface area contributed by atoms with Gasteiger partial charge in [0.25, 0.3) is 6.10 Å². The number of ether oxygens (including phenoxy) is 4. The van der Waals surface area contributed by atoms with Crippen LogP contribution < -0.4 is 0 Å². The molecule has 34 heavy (non-hydrogen) atoms. The van der Waals surface area contributed by atoms with Crippen LogP contribution in [0.1, 0.15) is 10.4 Å². The van der Waals surface area contributed by atoms with Crippen LogP contribution in [0.25, 0.3) is 0 Å². The van der Waals surface area contributed by atoms with Gasteiger partial charge in [0.05, 0.1) is 5.56 Å². The van der Waals surface area contributed by atoms with E-state index in [0.29, 0.717) is 0 Å². The highest BCUT2D eigenvalue weighted by molar-refractivity contribution is 7.86. The molecule has 3 fully saturated rings. The third-order valence-corrected chi connectivity index (χ3v) is 6.48. The van der Waals surface area contributed by atoms with Gasteiger partial charge in [-0.1, -0.05) is 18.2 Å². The molecule has 0 spiro atoms. The van der Waals surface area contributed by atoms with E-state index in [0.717, 1.165) is 0 Å². The van der Waals surface area contributed by atoms with Crippen molar-refractivity contribution < 1.29 is 68.3 Å². The zero-order valence-electron chi connectivity index (χ0n) is 16.3. The maximum Gasteiger partial charge on any atom is 0.432 e. The summed E-state index contributed by atoms with van der Waals surface area (Å²) in [6.45, 7) is 0. The number of carbonyl (C=O) groups excluding carboxylic acids is 3. The topological polar surface area (TPSA) is 145 Å². The van der Waals surface area contributed by atoms with E-state index < -0.39 is 81.8 Å². The summed E-state index contributed by atoms with van der Waals surface area (Å²) in [6.07, 6.45) is -16.5. The second-order valence-electron chi connectivity index (χ2n) is 7.63.